The number of nitrogens with one attached hydrogen (secondary N) is 1. The third kappa shape index (κ3) is 3.72. The van der Waals surface area contributed by atoms with Crippen LogP contribution in [-0.4, -0.2) is 53.5 Å². The number of nitrogens with zero attached hydrogens (tertiary/aromatic N) is 1. The topological polar surface area (TPSA) is 150 Å². The van der Waals surface area contributed by atoms with Crippen LogP contribution in [0.5, 0.6) is 0 Å². The maximum absolute atomic E-state index is 11.4. The van der Waals surface area contributed by atoms with Crippen molar-refractivity contribution >= 4 is 33.8 Å². The van der Waals surface area contributed by atoms with E-state index in [-0.39, 0.29) is 5.06 Å². The van der Waals surface area contributed by atoms with Crippen LogP contribution in [0.4, 0.5) is 0 Å². The second-order valence-corrected chi connectivity index (χ2v) is 5.14. The van der Waals surface area contributed by atoms with Crippen molar-refractivity contribution in [3.05, 3.63) is 0 Å². The summed E-state index contributed by atoms with van der Waals surface area (Å²) in [6, 6.07) is 0. The van der Waals surface area contributed by atoms with E-state index in [0.717, 1.165) is 6.92 Å². The number of carbonyl (C=O) groups excluding carboxylic acids is 4. The molecule has 1 fully saturated rings. The van der Waals surface area contributed by atoms with E-state index < -0.39 is 52.0 Å². The molecule has 0 saturated carbocycles. The summed E-state index contributed by atoms with van der Waals surface area (Å²) in [6.45, 7) is 0.515. The highest BCUT2D eigenvalue weighted by Crippen LogP contribution is 2.19. The summed E-state index contributed by atoms with van der Waals surface area (Å²) in [6.07, 6.45) is -0.877. The van der Waals surface area contributed by atoms with E-state index in [0.29, 0.717) is 0 Å². The van der Waals surface area contributed by atoms with Crippen LogP contribution < -0.4 is 5.32 Å². The second kappa shape index (κ2) is 5.32. The maximum Gasteiger partial charge on any atom is 0.352 e. The number of imide groups is 1. The van der Waals surface area contributed by atoms with Gasteiger partial charge in [-0.25, -0.2) is 13.2 Å². The lowest BCUT2D eigenvalue weighted by Gasteiger charge is -2.15. The molecule has 1 saturated heterocycles. The Morgan fingerprint density at radius 1 is 1.47 bits per heavy atom. The molecule has 0 aromatic rings. The first kappa shape index (κ1) is 15.0. The molecule has 19 heavy (non-hydrogen) atoms. The molecule has 0 spiro atoms. The number of carbonyl (C=O) groups is 4. The van der Waals surface area contributed by atoms with Crippen LogP contribution in [0, 0.1) is 0 Å². The van der Waals surface area contributed by atoms with Gasteiger partial charge in [0.1, 0.15) is 21.9 Å². The first-order chi connectivity index (χ1) is 8.62. The molecule has 1 aliphatic rings. The Morgan fingerprint density at radius 2 is 2.05 bits per heavy atom. The van der Waals surface area contributed by atoms with Crippen LogP contribution in [0.1, 0.15) is 13.3 Å². The minimum atomic E-state index is -5.00. The average molecular weight is 293 g/mol. The first-order valence-corrected chi connectivity index (χ1v) is 6.37. The van der Waals surface area contributed by atoms with Gasteiger partial charge in [0.15, 0.2) is 0 Å². The van der Waals surface area contributed by atoms with E-state index in [1.165, 1.54) is 0 Å². The van der Waals surface area contributed by atoms with Crippen molar-refractivity contribution in [3.63, 3.8) is 0 Å². The standard InChI is InChI=1S/C8H10N2O8S/c1-4(11)9-3-7(13)18-10-6(12)2-5(8(10)14)19(15,16)17/h5H,2-3H2,1H3,(H,9,11)(H,15,16,17)/p-1. The molecule has 1 atom stereocenters. The highest BCUT2D eigenvalue weighted by molar-refractivity contribution is 7.87. The van der Waals surface area contributed by atoms with Gasteiger partial charge in [0.05, 0.1) is 6.42 Å². The Hall–Kier alpha value is -2.01. The molecule has 0 aromatic carbocycles. The molecule has 1 unspecified atom stereocenters. The largest absolute Gasteiger partial charge is 0.747 e. The Labute approximate surface area is 107 Å². The summed E-state index contributed by atoms with van der Waals surface area (Å²) < 4.78 is 32.0. The normalized spacial score (nSPS) is 19.5. The fourth-order valence-electron chi connectivity index (χ4n) is 1.23. The predicted molar refractivity (Wildman–Crippen MR) is 54.7 cm³/mol. The van der Waals surface area contributed by atoms with Gasteiger partial charge in [-0.15, -0.1) is 5.06 Å². The van der Waals surface area contributed by atoms with Crippen molar-refractivity contribution in [1.82, 2.24) is 10.4 Å². The lowest BCUT2D eigenvalue weighted by molar-refractivity contribution is -0.196. The summed E-state index contributed by atoms with van der Waals surface area (Å²) >= 11 is 0. The molecule has 3 amide bonds. The highest BCUT2D eigenvalue weighted by atomic mass is 32.2. The van der Waals surface area contributed by atoms with Crippen LogP contribution in [0.15, 0.2) is 0 Å². The number of hydrogen-bond acceptors (Lipinski definition) is 8. The van der Waals surface area contributed by atoms with E-state index in [4.69, 9.17) is 0 Å². The van der Waals surface area contributed by atoms with Crippen molar-refractivity contribution in [3.8, 4) is 0 Å². The summed E-state index contributed by atoms with van der Waals surface area (Å²) in [5.41, 5.74) is 0. The monoisotopic (exact) mass is 293 g/mol. The molecule has 106 valence electrons. The van der Waals surface area contributed by atoms with Crippen molar-refractivity contribution in [1.29, 1.82) is 0 Å². The quantitative estimate of drug-likeness (QED) is 0.433. The van der Waals surface area contributed by atoms with E-state index in [1.807, 2.05) is 5.32 Å². The van der Waals surface area contributed by atoms with Crippen LogP contribution >= 0.6 is 0 Å². The third-order valence-electron chi connectivity index (χ3n) is 2.09. The number of amides is 3. The highest BCUT2D eigenvalue weighted by Gasteiger charge is 2.45. The molecule has 1 rings (SSSR count). The van der Waals surface area contributed by atoms with Gasteiger partial charge in [0, 0.05) is 6.92 Å². The van der Waals surface area contributed by atoms with Crippen molar-refractivity contribution in [2.45, 2.75) is 18.6 Å². The molecule has 0 aromatic heterocycles. The van der Waals surface area contributed by atoms with Crippen LogP contribution in [0.3, 0.4) is 0 Å². The van der Waals surface area contributed by atoms with Gasteiger partial charge in [0.25, 0.3) is 11.8 Å². The zero-order valence-corrected chi connectivity index (χ0v) is 10.4. The zero-order chi connectivity index (χ0) is 14.8. The maximum atomic E-state index is 11.4. The SMILES string of the molecule is CC(=O)NCC(=O)ON1C(=O)CC(S(=O)(=O)[O-])C1=O. The van der Waals surface area contributed by atoms with E-state index >= 15 is 0 Å². The Bertz CT molecular complexity index is 539. The van der Waals surface area contributed by atoms with E-state index in [9.17, 15) is 32.1 Å². The molecule has 0 aliphatic carbocycles. The molecular weight excluding hydrogens is 284 g/mol. The summed E-state index contributed by atoms with van der Waals surface area (Å²) in [7, 11) is -5.00. The molecule has 1 N–H and O–H groups in total. The molecular formula is C8H9N2O8S-. The van der Waals surface area contributed by atoms with E-state index in [2.05, 4.69) is 4.84 Å². The zero-order valence-electron chi connectivity index (χ0n) is 9.61. The number of hydroxylamine groups is 2. The van der Waals surface area contributed by atoms with Gasteiger partial charge in [-0.1, -0.05) is 0 Å². The van der Waals surface area contributed by atoms with Crippen LogP contribution in [-0.2, 0) is 34.1 Å². The summed E-state index contributed by atoms with van der Waals surface area (Å²) in [5, 5.41) is -0.121. The smallest absolute Gasteiger partial charge is 0.352 e. The van der Waals surface area contributed by atoms with Gasteiger partial charge in [-0.3, -0.25) is 14.4 Å². The van der Waals surface area contributed by atoms with Crippen molar-refractivity contribution in [2.24, 2.45) is 0 Å². The number of rotatable bonds is 4. The van der Waals surface area contributed by atoms with Crippen molar-refractivity contribution < 1.29 is 37.0 Å². The predicted octanol–water partition coefficient (Wildman–Crippen LogP) is -2.75. The number of hydrogen-bond donors (Lipinski definition) is 1. The third-order valence-corrected chi connectivity index (χ3v) is 3.15. The molecule has 11 heteroatoms. The first-order valence-electron chi connectivity index (χ1n) is 4.89. The van der Waals surface area contributed by atoms with Gasteiger partial charge >= 0.3 is 5.97 Å². The Morgan fingerprint density at radius 3 is 2.47 bits per heavy atom. The fraction of sp³-hybridized carbons (Fsp3) is 0.500. The molecule has 10 nitrogen and oxygen atoms in total. The minimum absolute atomic E-state index is 0.0791. The second-order valence-electron chi connectivity index (χ2n) is 3.58. The van der Waals surface area contributed by atoms with Crippen LogP contribution in [0.2, 0.25) is 0 Å². The van der Waals surface area contributed by atoms with Crippen LogP contribution in [0.25, 0.3) is 0 Å². The average Bonchev–Trinajstić information content (AvgIpc) is 2.54. The van der Waals surface area contributed by atoms with Gasteiger partial charge in [-0.2, -0.15) is 0 Å². The minimum Gasteiger partial charge on any atom is -0.747 e. The van der Waals surface area contributed by atoms with E-state index in [1.54, 1.807) is 0 Å². The van der Waals surface area contributed by atoms with Gasteiger partial charge in [0.2, 0.25) is 5.91 Å². The fourth-order valence-corrected chi connectivity index (χ4v) is 1.92. The summed E-state index contributed by atoms with van der Waals surface area (Å²) in [4.78, 5) is 48.6. The molecule has 1 heterocycles. The summed E-state index contributed by atoms with van der Waals surface area (Å²) in [5.74, 6) is -4.24. The lowest BCUT2D eigenvalue weighted by atomic mass is 10.4. The molecule has 1 aliphatic heterocycles. The van der Waals surface area contributed by atoms with Gasteiger partial charge < -0.3 is 14.7 Å². The lowest BCUT2D eigenvalue weighted by Crippen LogP contribution is -2.39. The molecule has 0 bridgehead atoms. The van der Waals surface area contributed by atoms with Gasteiger partial charge in [-0.05, 0) is 0 Å². The molecule has 0 radical (unpaired) electrons. The Balaban J connectivity index is 2.70. The van der Waals surface area contributed by atoms with Crippen molar-refractivity contribution in [2.75, 3.05) is 6.54 Å². The Kier molecular flexibility index (Phi) is 4.21.